The first-order valence-corrected chi connectivity index (χ1v) is 5.84. The minimum atomic E-state index is 0.0334. The third-order valence-corrected chi connectivity index (χ3v) is 3.12. The van der Waals surface area contributed by atoms with Gasteiger partial charge in [-0.25, -0.2) is 0 Å². The average molecular weight is 222 g/mol. The van der Waals surface area contributed by atoms with E-state index in [-0.39, 0.29) is 6.10 Å². The van der Waals surface area contributed by atoms with Gasteiger partial charge in [-0.05, 0) is 30.2 Å². The Bertz CT molecular complexity index is 569. The molecular weight excluding hydrogens is 208 g/mol. The summed E-state index contributed by atoms with van der Waals surface area (Å²) in [5.41, 5.74) is 3.65. The van der Waals surface area contributed by atoms with Gasteiger partial charge in [0.15, 0.2) is 0 Å². The van der Waals surface area contributed by atoms with Crippen molar-refractivity contribution in [2.24, 2.45) is 0 Å². The van der Waals surface area contributed by atoms with E-state index in [2.05, 4.69) is 49.4 Å². The van der Waals surface area contributed by atoms with Gasteiger partial charge in [0, 0.05) is 5.56 Å². The molecule has 0 amide bonds. The Hall–Kier alpha value is -2.02. The number of hydrogen-bond acceptors (Lipinski definition) is 1. The fourth-order valence-corrected chi connectivity index (χ4v) is 2.17. The molecular formula is C16H14O. The maximum Gasteiger partial charge on any atom is 0.143 e. The zero-order chi connectivity index (χ0) is 11.7. The van der Waals surface area contributed by atoms with Gasteiger partial charge in [0.1, 0.15) is 11.9 Å². The van der Waals surface area contributed by atoms with Crippen LogP contribution in [0.2, 0.25) is 0 Å². The van der Waals surface area contributed by atoms with Crippen molar-refractivity contribution in [2.45, 2.75) is 13.0 Å². The number of fused-ring (bicyclic) bond motifs is 1. The van der Waals surface area contributed by atoms with Crippen LogP contribution in [-0.4, -0.2) is 0 Å². The quantitative estimate of drug-likeness (QED) is 0.704. The average Bonchev–Trinajstić information content (AvgIpc) is 2.39. The minimum absolute atomic E-state index is 0.0334. The van der Waals surface area contributed by atoms with Crippen LogP contribution in [0.5, 0.6) is 5.75 Å². The van der Waals surface area contributed by atoms with Crippen molar-refractivity contribution in [3.05, 3.63) is 71.3 Å². The number of benzene rings is 2. The molecule has 0 N–H and O–H groups in total. The van der Waals surface area contributed by atoms with E-state index in [9.17, 15) is 0 Å². The van der Waals surface area contributed by atoms with Crippen molar-refractivity contribution in [3.8, 4) is 5.75 Å². The topological polar surface area (TPSA) is 9.23 Å². The van der Waals surface area contributed by atoms with Gasteiger partial charge in [-0.15, -0.1) is 0 Å². The van der Waals surface area contributed by atoms with Crippen LogP contribution in [0, 0.1) is 6.92 Å². The highest BCUT2D eigenvalue weighted by molar-refractivity contribution is 5.60. The van der Waals surface area contributed by atoms with Crippen molar-refractivity contribution < 1.29 is 4.74 Å². The van der Waals surface area contributed by atoms with Gasteiger partial charge in [-0.3, -0.25) is 0 Å². The number of ether oxygens (including phenoxy) is 1. The van der Waals surface area contributed by atoms with Gasteiger partial charge in [-0.1, -0.05) is 48.5 Å². The smallest absolute Gasteiger partial charge is 0.143 e. The molecule has 2 aromatic rings. The summed E-state index contributed by atoms with van der Waals surface area (Å²) >= 11 is 0. The first-order valence-electron chi connectivity index (χ1n) is 5.84. The summed E-state index contributed by atoms with van der Waals surface area (Å²) in [6.07, 6.45) is 4.28. The Morgan fingerprint density at radius 2 is 1.71 bits per heavy atom. The van der Waals surface area contributed by atoms with Crippen molar-refractivity contribution in [1.29, 1.82) is 0 Å². The van der Waals surface area contributed by atoms with Crippen molar-refractivity contribution in [2.75, 3.05) is 0 Å². The molecule has 0 radical (unpaired) electrons. The zero-order valence-electron chi connectivity index (χ0n) is 9.76. The highest BCUT2D eigenvalue weighted by Gasteiger charge is 2.17. The molecule has 1 heterocycles. The van der Waals surface area contributed by atoms with Crippen LogP contribution < -0.4 is 4.74 Å². The first kappa shape index (κ1) is 10.2. The Balaban J connectivity index is 1.98. The van der Waals surface area contributed by atoms with Crippen molar-refractivity contribution in [1.82, 2.24) is 0 Å². The minimum Gasteiger partial charge on any atom is -0.481 e. The predicted octanol–water partition coefficient (Wildman–Crippen LogP) is 4.14. The fraction of sp³-hybridized carbons (Fsp3) is 0.125. The molecule has 1 heteroatoms. The van der Waals surface area contributed by atoms with E-state index in [4.69, 9.17) is 4.74 Å². The monoisotopic (exact) mass is 222 g/mol. The van der Waals surface area contributed by atoms with Crippen molar-refractivity contribution in [3.63, 3.8) is 0 Å². The summed E-state index contributed by atoms with van der Waals surface area (Å²) in [5.74, 6) is 0.961. The predicted molar refractivity (Wildman–Crippen MR) is 70.0 cm³/mol. The molecule has 0 saturated carbocycles. The summed E-state index contributed by atoms with van der Waals surface area (Å²) in [4.78, 5) is 0. The first-order chi connectivity index (χ1) is 8.34. The lowest BCUT2D eigenvalue weighted by atomic mass is 10.0. The fourth-order valence-electron chi connectivity index (χ4n) is 2.17. The molecule has 0 unspecified atom stereocenters. The molecule has 84 valence electrons. The van der Waals surface area contributed by atoms with E-state index >= 15 is 0 Å². The van der Waals surface area contributed by atoms with Crippen LogP contribution in [0.4, 0.5) is 0 Å². The molecule has 17 heavy (non-hydrogen) atoms. The zero-order valence-corrected chi connectivity index (χ0v) is 9.76. The summed E-state index contributed by atoms with van der Waals surface area (Å²) in [7, 11) is 0. The maximum atomic E-state index is 6.01. The Kier molecular flexibility index (Phi) is 2.45. The summed E-state index contributed by atoms with van der Waals surface area (Å²) < 4.78 is 6.01. The normalized spacial score (nSPS) is 17.4. The lowest BCUT2D eigenvalue weighted by Crippen LogP contribution is -2.09. The van der Waals surface area contributed by atoms with Crippen LogP contribution in [0.25, 0.3) is 6.08 Å². The maximum absolute atomic E-state index is 6.01. The summed E-state index contributed by atoms with van der Waals surface area (Å²) in [6, 6.07) is 16.5. The molecule has 0 aromatic heterocycles. The van der Waals surface area contributed by atoms with Gasteiger partial charge in [0.25, 0.3) is 0 Å². The molecule has 1 aliphatic rings. The molecule has 1 aliphatic heterocycles. The highest BCUT2D eigenvalue weighted by Crippen LogP contribution is 2.33. The second-order valence-electron chi connectivity index (χ2n) is 4.29. The molecule has 0 spiro atoms. The molecule has 1 nitrogen and oxygen atoms in total. The van der Waals surface area contributed by atoms with E-state index in [0.717, 1.165) is 11.3 Å². The molecule has 0 aliphatic carbocycles. The summed E-state index contributed by atoms with van der Waals surface area (Å²) in [6.45, 7) is 2.12. The Labute approximate surface area is 101 Å². The van der Waals surface area contributed by atoms with Gasteiger partial charge < -0.3 is 4.74 Å². The second-order valence-corrected chi connectivity index (χ2v) is 4.29. The molecule has 3 rings (SSSR count). The van der Waals surface area contributed by atoms with Crippen molar-refractivity contribution >= 4 is 6.08 Å². The van der Waals surface area contributed by atoms with E-state index in [1.54, 1.807) is 0 Å². The SMILES string of the molecule is Cc1ccccc1[C@H]1C=Cc2ccccc2O1. The van der Waals surface area contributed by atoms with Gasteiger partial charge in [-0.2, -0.15) is 0 Å². The third-order valence-electron chi connectivity index (χ3n) is 3.12. The van der Waals surface area contributed by atoms with E-state index < -0.39 is 0 Å². The lowest BCUT2D eigenvalue weighted by Gasteiger charge is -2.22. The Morgan fingerprint density at radius 3 is 2.59 bits per heavy atom. The molecule has 0 fully saturated rings. The molecule has 0 bridgehead atoms. The largest absolute Gasteiger partial charge is 0.481 e. The van der Waals surface area contributed by atoms with Gasteiger partial charge >= 0.3 is 0 Å². The number of rotatable bonds is 1. The number of aryl methyl sites for hydroxylation is 1. The highest BCUT2D eigenvalue weighted by atomic mass is 16.5. The second kappa shape index (κ2) is 4.10. The van der Waals surface area contributed by atoms with E-state index in [1.165, 1.54) is 11.1 Å². The molecule has 2 aromatic carbocycles. The van der Waals surface area contributed by atoms with Crippen LogP contribution in [0.3, 0.4) is 0 Å². The Morgan fingerprint density at radius 1 is 0.941 bits per heavy atom. The van der Waals surface area contributed by atoms with Crippen LogP contribution in [0.1, 0.15) is 22.8 Å². The standard InChI is InChI=1S/C16H14O/c1-12-6-2-4-8-14(12)16-11-10-13-7-3-5-9-15(13)17-16/h2-11,16H,1H3/t16-/m1/s1. The summed E-state index contributed by atoms with van der Waals surface area (Å²) in [5, 5.41) is 0. The van der Waals surface area contributed by atoms with Gasteiger partial charge in [0.05, 0.1) is 0 Å². The van der Waals surface area contributed by atoms with Crippen LogP contribution >= 0.6 is 0 Å². The van der Waals surface area contributed by atoms with E-state index in [0.29, 0.717) is 0 Å². The van der Waals surface area contributed by atoms with Crippen LogP contribution in [-0.2, 0) is 0 Å². The number of para-hydroxylation sites is 1. The molecule has 1 atom stereocenters. The van der Waals surface area contributed by atoms with Gasteiger partial charge in [0.2, 0.25) is 0 Å². The van der Waals surface area contributed by atoms with E-state index in [1.807, 2.05) is 18.2 Å². The number of hydrogen-bond donors (Lipinski definition) is 0. The third kappa shape index (κ3) is 1.84. The molecule has 0 saturated heterocycles. The lowest BCUT2D eigenvalue weighted by molar-refractivity contribution is 0.251. The van der Waals surface area contributed by atoms with Crippen LogP contribution in [0.15, 0.2) is 54.6 Å².